The molecule has 0 spiro atoms. The minimum Gasteiger partial charge on any atom is -0.496 e. The lowest BCUT2D eigenvalue weighted by atomic mass is 9.94. The summed E-state index contributed by atoms with van der Waals surface area (Å²) in [5.41, 5.74) is 0. The summed E-state index contributed by atoms with van der Waals surface area (Å²) in [6, 6.07) is 13.2. The molecule has 162 valence electrons. The lowest BCUT2D eigenvalue weighted by Gasteiger charge is -2.40. The molecular formula is C23H34Cl2N2O2. The molecule has 1 heterocycles. The van der Waals surface area contributed by atoms with E-state index in [9.17, 15) is 0 Å². The summed E-state index contributed by atoms with van der Waals surface area (Å²) in [6.45, 7) is 6.51. The predicted molar refractivity (Wildman–Crippen MR) is 125 cm³/mol. The minimum atomic E-state index is 0. The smallest absolute Gasteiger partial charge is 0.127 e. The van der Waals surface area contributed by atoms with Crippen molar-refractivity contribution in [1.29, 1.82) is 0 Å². The Bertz CT molecular complexity index is 745. The first-order valence-electron chi connectivity index (χ1n) is 10.5. The second kappa shape index (κ2) is 11.8. The molecule has 0 N–H and O–H groups in total. The van der Waals surface area contributed by atoms with E-state index >= 15 is 0 Å². The lowest BCUT2D eigenvalue weighted by molar-refractivity contribution is 0.0719. The maximum atomic E-state index is 6.15. The average Bonchev–Trinajstić information content (AvgIpc) is 2.74. The lowest BCUT2D eigenvalue weighted by Crippen LogP contribution is -2.51. The monoisotopic (exact) mass is 440 g/mol. The van der Waals surface area contributed by atoms with Crippen LogP contribution in [0.1, 0.15) is 32.1 Å². The molecule has 29 heavy (non-hydrogen) atoms. The van der Waals surface area contributed by atoms with Crippen LogP contribution in [0.15, 0.2) is 36.4 Å². The molecule has 0 aromatic heterocycles. The van der Waals surface area contributed by atoms with Crippen molar-refractivity contribution in [2.75, 3.05) is 46.4 Å². The van der Waals surface area contributed by atoms with E-state index in [2.05, 4.69) is 28.0 Å². The Hall–Kier alpha value is -1.20. The molecule has 6 heteroatoms. The first kappa shape index (κ1) is 24.1. The molecule has 2 aromatic carbocycles. The molecule has 4 nitrogen and oxygen atoms in total. The Balaban J connectivity index is 0.00000150. The summed E-state index contributed by atoms with van der Waals surface area (Å²) in [7, 11) is 1.72. The molecule has 0 bridgehead atoms. The number of halogens is 2. The van der Waals surface area contributed by atoms with Crippen LogP contribution < -0.4 is 9.47 Å². The van der Waals surface area contributed by atoms with Crippen molar-refractivity contribution in [3.05, 3.63) is 36.4 Å². The number of rotatable bonds is 6. The molecule has 2 aromatic rings. The highest BCUT2D eigenvalue weighted by Crippen LogP contribution is 2.32. The van der Waals surface area contributed by atoms with Gasteiger partial charge in [-0.1, -0.05) is 43.5 Å². The first-order chi connectivity index (χ1) is 13.3. The maximum Gasteiger partial charge on any atom is 0.127 e. The van der Waals surface area contributed by atoms with Crippen molar-refractivity contribution < 1.29 is 9.47 Å². The largest absolute Gasteiger partial charge is 0.496 e. The van der Waals surface area contributed by atoms with Gasteiger partial charge in [0.1, 0.15) is 18.1 Å². The molecule has 1 aliphatic heterocycles. The molecule has 2 fully saturated rings. The van der Waals surface area contributed by atoms with E-state index in [0.717, 1.165) is 41.5 Å². The third kappa shape index (κ3) is 5.91. The summed E-state index contributed by atoms with van der Waals surface area (Å²) in [6.07, 6.45) is 7.11. The Morgan fingerprint density at radius 3 is 2.10 bits per heavy atom. The van der Waals surface area contributed by atoms with Crippen LogP contribution in [0.3, 0.4) is 0 Å². The normalized spacial score (nSPS) is 18.7. The average molecular weight is 441 g/mol. The van der Waals surface area contributed by atoms with Crippen molar-refractivity contribution in [3.63, 3.8) is 0 Å². The summed E-state index contributed by atoms with van der Waals surface area (Å²) in [5, 5.41) is 2.23. The van der Waals surface area contributed by atoms with E-state index in [1.807, 2.05) is 18.2 Å². The summed E-state index contributed by atoms with van der Waals surface area (Å²) in [5.74, 6) is 1.85. The Kier molecular flexibility index (Phi) is 9.84. The van der Waals surface area contributed by atoms with Crippen molar-refractivity contribution >= 4 is 35.6 Å². The highest BCUT2D eigenvalue weighted by molar-refractivity contribution is 5.93. The molecule has 4 rings (SSSR count). The Morgan fingerprint density at radius 1 is 0.828 bits per heavy atom. The summed E-state index contributed by atoms with van der Waals surface area (Å²) < 4.78 is 11.6. The quantitative estimate of drug-likeness (QED) is 0.629. The van der Waals surface area contributed by atoms with Crippen LogP contribution in [0.4, 0.5) is 0 Å². The second-order valence-corrected chi connectivity index (χ2v) is 7.83. The Morgan fingerprint density at radius 2 is 1.45 bits per heavy atom. The van der Waals surface area contributed by atoms with Crippen molar-refractivity contribution in [2.45, 2.75) is 38.1 Å². The van der Waals surface area contributed by atoms with Crippen molar-refractivity contribution in [1.82, 2.24) is 9.80 Å². The van der Waals surface area contributed by atoms with Gasteiger partial charge in [-0.2, -0.15) is 0 Å². The molecule has 1 saturated carbocycles. The molecule has 0 amide bonds. The number of hydrogen-bond donors (Lipinski definition) is 0. The number of benzene rings is 2. The van der Waals surface area contributed by atoms with E-state index in [1.54, 1.807) is 7.11 Å². The van der Waals surface area contributed by atoms with Gasteiger partial charge in [-0.15, -0.1) is 24.8 Å². The van der Waals surface area contributed by atoms with Crippen LogP contribution in [0.5, 0.6) is 11.5 Å². The van der Waals surface area contributed by atoms with Crippen LogP contribution in [0.25, 0.3) is 10.8 Å². The van der Waals surface area contributed by atoms with Crippen LogP contribution >= 0.6 is 24.8 Å². The SMILES string of the molecule is COc1cccc2c(OCCN3CCN(C4CCCCC4)CC3)cccc12.Cl.Cl. The minimum absolute atomic E-state index is 0. The fourth-order valence-corrected chi connectivity index (χ4v) is 4.64. The maximum absolute atomic E-state index is 6.15. The Labute approximate surface area is 187 Å². The van der Waals surface area contributed by atoms with Gasteiger partial charge in [0, 0.05) is 49.5 Å². The van der Waals surface area contributed by atoms with Gasteiger partial charge in [-0.3, -0.25) is 9.80 Å². The van der Waals surface area contributed by atoms with Gasteiger partial charge < -0.3 is 9.47 Å². The third-order valence-corrected chi connectivity index (χ3v) is 6.23. The number of ether oxygens (including phenoxy) is 2. The van der Waals surface area contributed by atoms with Crippen LogP contribution in [-0.4, -0.2) is 62.3 Å². The van der Waals surface area contributed by atoms with Crippen LogP contribution in [0.2, 0.25) is 0 Å². The second-order valence-electron chi connectivity index (χ2n) is 7.83. The fraction of sp³-hybridized carbons (Fsp3) is 0.565. The molecule has 1 saturated heterocycles. The van der Waals surface area contributed by atoms with Gasteiger partial charge in [-0.25, -0.2) is 0 Å². The highest BCUT2D eigenvalue weighted by atomic mass is 35.5. The molecule has 0 atom stereocenters. The number of fused-ring (bicyclic) bond motifs is 1. The first-order valence-corrected chi connectivity index (χ1v) is 10.5. The van der Waals surface area contributed by atoms with E-state index in [4.69, 9.17) is 9.47 Å². The van der Waals surface area contributed by atoms with Crippen molar-refractivity contribution in [3.8, 4) is 11.5 Å². The van der Waals surface area contributed by atoms with Gasteiger partial charge in [0.15, 0.2) is 0 Å². The zero-order valence-corrected chi connectivity index (χ0v) is 19.0. The van der Waals surface area contributed by atoms with E-state index < -0.39 is 0 Å². The number of nitrogens with zero attached hydrogens (tertiary/aromatic N) is 2. The highest BCUT2D eigenvalue weighted by Gasteiger charge is 2.24. The zero-order valence-electron chi connectivity index (χ0n) is 17.3. The van der Waals surface area contributed by atoms with Gasteiger partial charge in [-0.05, 0) is 25.0 Å². The molecule has 2 aliphatic rings. The summed E-state index contributed by atoms with van der Waals surface area (Å²) >= 11 is 0. The van der Waals surface area contributed by atoms with E-state index in [-0.39, 0.29) is 24.8 Å². The standard InChI is InChI=1S/C23H32N2O2.2ClH/c1-26-22-11-5-10-21-20(22)9-6-12-23(21)27-18-17-24-13-15-25(16-14-24)19-7-3-2-4-8-19;;/h5-6,9-12,19H,2-4,7-8,13-18H2,1H3;2*1H. The van der Waals surface area contributed by atoms with E-state index in [1.165, 1.54) is 58.3 Å². The molecular weight excluding hydrogens is 407 g/mol. The van der Waals surface area contributed by atoms with Gasteiger partial charge >= 0.3 is 0 Å². The molecule has 0 radical (unpaired) electrons. The third-order valence-electron chi connectivity index (χ3n) is 6.23. The summed E-state index contributed by atoms with van der Waals surface area (Å²) in [4.78, 5) is 5.28. The molecule has 0 unspecified atom stereocenters. The van der Waals surface area contributed by atoms with Crippen LogP contribution in [-0.2, 0) is 0 Å². The van der Waals surface area contributed by atoms with Gasteiger partial charge in [0.05, 0.1) is 7.11 Å². The number of methoxy groups -OCH3 is 1. The number of piperazine rings is 1. The van der Waals surface area contributed by atoms with Crippen molar-refractivity contribution in [2.24, 2.45) is 0 Å². The van der Waals surface area contributed by atoms with Gasteiger partial charge in [0.25, 0.3) is 0 Å². The topological polar surface area (TPSA) is 24.9 Å². The number of hydrogen-bond acceptors (Lipinski definition) is 4. The van der Waals surface area contributed by atoms with Crippen LogP contribution in [0, 0.1) is 0 Å². The fourth-order valence-electron chi connectivity index (χ4n) is 4.64. The predicted octanol–water partition coefficient (Wildman–Crippen LogP) is 5.02. The zero-order chi connectivity index (χ0) is 18.5. The molecule has 1 aliphatic carbocycles. The van der Waals surface area contributed by atoms with Gasteiger partial charge in [0.2, 0.25) is 0 Å². The van der Waals surface area contributed by atoms with E-state index in [0.29, 0.717) is 0 Å².